The van der Waals surface area contributed by atoms with Gasteiger partial charge in [-0.2, -0.15) is 0 Å². The Kier molecular flexibility index (Phi) is 6.67. The Morgan fingerprint density at radius 1 is 1.04 bits per heavy atom. The summed E-state index contributed by atoms with van der Waals surface area (Å²) < 4.78 is 15.7. The number of nitrogens with zero attached hydrogens (tertiary/aromatic N) is 1. The molecule has 6 nitrogen and oxygen atoms in total. The minimum absolute atomic E-state index is 0.171. The number of carbonyl (C=O) groups is 2. The van der Waals surface area contributed by atoms with E-state index in [1.807, 2.05) is 0 Å². The van der Waals surface area contributed by atoms with Crippen molar-refractivity contribution < 1.29 is 23.8 Å². The fourth-order valence-corrected chi connectivity index (χ4v) is 3.14. The van der Waals surface area contributed by atoms with Crippen molar-refractivity contribution >= 4 is 11.9 Å². The molecule has 1 amide bonds. The molecule has 0 aliphatic heterocycles. The lowest BCUT2D eigenvalue weighted by Crippen LogP contribution is -2.44. The monoisotopic (exact) mass is 349 g/mol. The van der Waals surface area contributed by atoms with E-state index in [2.05, 4.69) is 0 Å². The highest BCUT2D eigenvalue weighted by molar-refractivity contribution is 5.93. The Labute approximate surface area is 149 Å². The Morgan fingerprint density at radius 2 is 1.60 bits per heavy atom. The first-order chi connectivity index (χ1) is 12.0. The molecule has 0 spiro atoms. The lowest BCUT2D eigenvalue weighted by atomic mass is 9.94. The summed E-state index contributed by atoms with van der Waals surface area (Å²) in [6.07, 6.45) is 4.68. The second-order valence-electron chi connectivity index (χ2n) is 6.39. The zero-order chi connectivity index (χ0) is 18.4. The van der Waals surface area contributed by atoms with Gasteiger partial charge >= 0.3 is 5.97 Å². The Hall–Kier alpha value is -2.24. The zero-order valence-electron chi connectivity index (χ0n) is 15.4. The van der Waals surface area contributed by atoms with Gasteiger partial charge in [0.25, 0.3) is 5.91 Å². The fraction of sp³-hybridized carbons (Fsp3) is 0.579. The van der Waals surface area contributed by atoms with Crippen molar-refractivity contribution in [3.05, 3.63) is 23.8 Å². The largest absolute Gasteiger partial charge is 0.497 e. The van der Waals surface area contributed by atoms with Crippen LogP contribution in [0, 0.1) is 0 Å². The summed E-state index contributed by atoms with van der Waals surface area (Å²) in [6, 6.07) is 5.03. The summed E-state index contributed by atoms with van der Waals surface area (Å²) in [5.74, 6) is 0.236. The van der Waals surface area contributed by atoms with Gasteiger partial charge in [-0.05, 0) is 31.9 Å². The average Bonchev–Trinajstić information content (AvgIpc) is 2.66. The molecule has 1 saturated carbocycles. The van der Waals surface area contributed by atoms with Gasteiger partial charge < -0.3 is 19.1 Å². The summed E-state index contributed by atoms with van der Waals surface area (Å²) in [6.45, 7) is 1.61. The number of likely N-dealkylation sites (N-methyl/N-ethyl adjacent to an activating group) is 1. The van der Waals surface area contributed by atoms with Crippen molar-refractivity contribution in [1.29, 1.82) is 0 Å². The molecule has 1 aliphatic carbocycles. The first-order valence-electron chi connectivity index (χ1n) is 8.67. The van der Waals surface area contributed by atoms with Crippen molar-refractivity contribution in [3.63, 3.8) is 0 Å². The zero-order valence-corrected chi connectivity index (χ0v) is 15.4. The average molecular weight is 349 g/mol. The topological polar surface area (TPSA) is 65.1 Å². The molecule has 138 valence electrons. The standard InChI is InChI=1S/C19H27NO5/c1-13(18(21)20(2)15-8-6-5-7-9-15)25-19(22)14-10-16(23-3)12-17(11-14)24-4/h10-13,15H,5-9H2,1-4H3/t13-/m0/s1. The van der Waals surface area contributed by atoms with E-state index < -0.39 is 12.1 Å². The van der Waals surface area contributed by atoms with Crippen LogP contribution in [0.2, 0.25) is 0 Å². The van der Waals surface area contributed by atoms with Gasteiger partial charge in [-0.25, -0.2) is 4.79 Å². The van der Waals surface area contributed by atoms with E-state index in [0.29, 0.717) is 11.5 Å². The van der Waals surface area contributed by atoms with Crippen LogP contribution in [0.3, 0.4) is 0 Å². The minimum Gasteiger partial charge on any atom is -0.497 e. The molecule has 1 fully saturated rings. The normalized spacial score (nSPS) is 16.0. The molecule has 2 rings (SSSR count). The molecule has 1 atom stereocenters. The van der Waals surface area contributed by atoms with Gasteiger partial charge in [0, 0.05) is 19.2 Å². The molecule has 0 aromatic heterocycles. The summed E-state index contributed by atoms with van der Waals surface area (Å²) >= 11 is 0. The van der Waals surface area contributed by atoms with Crippen LogP contribution in [-0.2, 0) is 9.53 Å². The molecule has 0 heterocycles. The van der Waals surface area contributed by atoms with E-state index in [1.54, 1.807) is 37.1 Å². The number of methoxy groups -OCH3 is 2. The molecular formula is C19H27NO5. The summed E-state index contributed by atoms with van der Waals surface area (Å²) in [7, 11) is 4.81. The van der Waals surface area contributed by atoms with Crippen molar-refractivity contribution in [2.24, 2.45) is 0 Å². The highest BCUT2D eigenvalue weighted by Gasteiger charge is 2.28. The third-order valence-corrected chi connectivity index (χ3v) is 4.69. The van der Waals surface area contributed by atoms with Crippen LogP contribution in [0.1, 0.15) is 49.4 Å². The van der Waals surface area contributed by atoms with Crippen LogP contribution in [0.4, 0.5) is 0 Å². The molecule has 0 radical (unpaired) electrons. The second-order valence-corrected chi connectivity index (χ2v) is 6.39. The number of ether oxygens (including phenoxy) is 3. The van der Waals surface area contributed by atoms with Gasteiger partial charge in [0.05, 0.1) is 19.8 Å². The highest BCUT2D eigenvalue weighted by Crippen LogP contribution is 2.24. The summed E-state index contributed by atoms with van der Waals surface area (Å²) in [5, 5.41) is 0. The lowest BCUT2D eigenvalue weighted by Gasteiger charge is -2.32. The first-order valence-corrected chi connectivity index (χ1v) is 8.67. The number of amides is 1. The van der Waals surface area contributed by atoms with Gasteiger partial charge in [0.15, 0.2) is 6.10 Å². The van der Waals surface area contributed by atoms with Crippen LogP contribution in [-0.4, -0.2) is 50.2 Å². The van der Waals surface area contributed by atoms with Gasteiger partial charge in [0.2, 0.25) is 0 Å². The van der Waals surface area contributed by atoms with Crippen LogP contribution in [0.25, 0.3) is 0 Å². The smallest absolute Gasteiger partial charge is 0.339 e. The van der Waals surface area contributed by atoms with Crippen LogP contribution >= 0.6 is 0 Å². The number of hydrogen-bond acceptors (Lipinski definition) is 5. The van der Waals surface area contributed by atoms with E-state index >= 15 is 0 Å². The van der Waals surface area contributed by atoms with Crippen molar-refractivity contribution in [2.75, 3.05) is 21.3 Å². The molecule has 0 unspecified atom stereocenters. The third-order valence-electron chi connectivity index (χ3n) is 4.69. The Morgan fingerprint density at radius 3 is 2.12 bits per heavy atom. The molecular weight excluding hydrogens is 322 g/mol. The molecule has 6 heteroatoms. The van der Waals surface area contributed by atoms with Gasteiger partial charge in [-0.3, -0.25) is 4.79 Å². The summed E-state index contributed by atoms with van der Waals surface area (Å²) in [5.41, 5.74) is 0.288. The van der Waals surface area contributed by atoms with Crippen molar-refractivity contribution in [1.82, 2.24) is 4.90 Å². The molecule has 1 aromatic rings. The van der Waals surface area contributed by atoms with E-state index in [-0.39, 0.29) is 17.5 Å². The first kappa shape index (κ1) is 19.1. The molecule has 0 saturated heterocycles. The minimum atomic E-state index is -0.836. The molecule has 1 aromatic carbocycles. The van der Waals surface area contributed by atoms with Crippen molar-refractivity contribution in [3.8, 4) is 11.5 Å². The highest BCUT2D eigenvalue weighted by atomic mass is 16.5. The maximum atomic E-state index is 12.6. The SMILES string of the molecule is COc1cc(OC)cc(C(=O)O[C@@H](C)C(=O)N(C)C2CCCCC2)c1. The van der Waals surface area contributed by atoms with Gasteiger partial charge in [0.1, 0.15) is 11.5 Å². The lowest BCUT2D eigenvalue weighted by molar-refractivity contribution is -0.141. The Balaban J connectivity index is 2.02. The summed E-state index contributed by atoms with van der Waals surface area (Å²) in [4.78, 5) is 26.7. The molecule has 0 N–H and O–H groups in total. The van der Waals surface area contributed by atoms with E-state index in [4.69, 9.17) is 14.2 Å². The van der Waals surface area contributed by atoms with E-state index in [0.717, 1.165) is 25.7 Å². The van der Waals surface area contributed by atoms with Crippen LogP contribution in [0.15, 0.2) is 18.2 Å². The molecule has 25 heavy (non-hydrogen) atoms. The van der Waals surface area contributed by atoms with Crippen LogP contribution < -0.4 is 9.47 Å². The van der Waals surface area contributed by atoms with Gasteiger partial charge in [-0.1, -0.05) is 19.3 Å². The molecule has 0 bridgehead atoms. The predicted molar refractivity (Wildman–Crippen MR) is 94.1 cm³/mol. The Bertz CT molecular complexity index is 588. The number of hydrogen-bond donors (Lipinski definition) is 0. The second kappa shape index (κ2) is 8.74. The third kappa shape index (κ3) is 4.87. The number of carbonyl (C=O) groups excluding carboxylic acids is 2. The fourth-order valence-electron chi connectivity index (χ4n) is 3.14. The maximum Gasteiger partial charge on any atom is 0.339 e. The van der Waals surface area contributed by atoms with Crippen LogP contribution in [0.5, 0.6) is 11.5 Å². The predicted octanol–water partition coefficient (Wildman–Crippen LogP) is 3.04. The van der Waals surface area contributed by atoms with E-state index in [9.17, 15) is 9.59 Å². The number of benzene rings is 1. The van der Waals surface area contributed by atoms with Crippen molar-refractivity contribution in [2.45, 2.75) is 51.2 Å². The number of rotatable bonds is 6. The van der Waals surface area contributed by atoms with Gasteiger partial charge in [-0.15, -0.1) is 0 Å². The maximum absolute atomic E-state index is 12.6. The number of esters is 1. The quantitative estimate of drug-likeness (QED) is 0.739. The molecule has 1 aliphatic rings. The van der Waals surface area contributed by atoms with E-state index in [1.165, 1.54) is 20.6 Å².